The molecule has 4 aromatic carbocycles. The van der Waals surface area contributed by atoms with Crippen LogP contribution in [0.15, 0.2) is 121 Å². The van der Waals surface area contributed by atoms with Gasteiger partial charge in [-0.15, -0.1) is 0 Å². The standard InChI is InChI=1S/2C12H10O/c2*1-3-7-11(8-4-1)13-12-9-5-2-6-10-12/h2*1-10H. The van der Waals surface area contributed by atoms with Gasteiger partial charge in [0.15, 0.2) is 0 Å². The van der Waals surface area contributed by atoms with Gasteiger partial charge in [-0.3, -0.25) is 0 Å². The highest BCUT2D eigenvalue weighted by Crippen LogP contribution is 2.20. The Labute approximate surface area is 154 Å². The highest BCUT2D eigenvalue weighted by molar-refractivity contribution is 5.31. The first kappa shape index (κ1) is 17.3. The lowest BCUT2D eigenvalue weighted by molar-refractivity contribution is 0.482. The summed E-state index contributed by atoms with van der Waals surface area (Å²) < 4.78 is 11.2. The fourth-order valence-electron chi connectivity index (χ4n) is 2.23. The second kappa shape index (κ2) is 9.70. The highest BCUT2D eigenvalue weighted by atomic mass is 16.5. The first-order chi connectivity index (χ1) is 12.9. The Balaban J connectivity index is 0.000000151. The van der Waals surface area contributed by atoms with E-state index in [-0.39, 0.29) is 0 Å². The summed E-state index contributed by atoms with van der Waals surface area (Å²) >= 11 is 0. The molecule has 0 heterocycles. The van der Waals surface area contributed by atoms with Gasteiger partial charge in [0, 0.05) is 0 Å². The molecule has 2 nitrogen and oxygen atoms in total. The van der Waals surface area contributed by atoms with Gasteiger partial charge in [0.05, 0.1) is 0 Å². The summed E-state index contributed by atoms with van der Waals surface area (Å²) in [7, 11) is 0. The van der Waals surface area contributed by atoms with Crippen LogP contribution in [0.1, 0.15) is 0 Å². The van der Waals surface area contributed by atoms with Crippen LogP contribution in [0.5, 0.6) is 23.0 Å². The topological polar surface area (TPSA) is 18.5 Å². The van der Waals surface area contributed by atoms with Crippen LogP contribution in [-0.2, 0) is 0 Å². The average Bonchev–Trinajstić information content (AvgIpc) is 2.72. The predicted molar refractivity (Wildman–Crippen MR) is 106 cm³/mol. The third-order valence-corrected chi connectivity index (χ3v) is 3.44. The van der Waals surface area contributed by atoms with Crippen LogP contribution in [0.4, 0.5) is 0 Å². The molecule has 0 aromatic heterocycles. The van der Waals surface area contributed by atoms with Gasteiger partial charge in [0.1, 0.15) is 23.0 Å². The Kier molecular flexibility index (Phi) is 6.46. The molecule has 0 fully saturated rings. The van der Waals surface area contributed by atoms with E-state index < -0.39 is 0 Å². The number of para-hydroxylation sites is 4. The van der Waals surface area contributed by atoms with E-state index in [1.54, 1.807) is 0 Å². The monoisotopic (exact) mass is 340 g/mol. The molecular weight excluding hydrogens is 320 g/mol. The minimum absolute atomic E-state index is 0.869. The second-order valence-corrected chi connectivity index (χ2v) is 5.46. The summed E-state index contributed by atoms with van der Waals surface area (Å²) in [5.41, 5.74) is 0. The maximum Gasteiger partial charge on any atom is 0.127 e. The third-order valence-electron chi connectivity index (χ3n) is 3.44. The van der Waals surface area contributed by atoms with Crippen LogP contribution in [-0.4, -0.2) is 0 Å². The molecule has 0 atom stereocenters. The highest BCUT2D eigenvalue weighted by Gasteiger charge is 1.93. The molecule has 0 unspecified atom stereocenters. The number of rotatable bonds is 4. The van der Waals surface area contributed by atoms with Crippen molar-refractivity contribution < 1.29 is 9.47 Å². The maximum atomic E-state index is 5.58. The zero-order valence-electron chi connectivity index (χ0n) is 14.4. The molecule has 0 saturated heterocycles. The molecule has 4 rings (SSSR count). The summed E-state index contributed by atoms with van der Waals surface area (Å²) in [5.74, 6) is 3.48. The smallest absolute Gasteiger partial charge is 0.127 e. The van der Waals surface area contributed by atoms with Crippen molar-refractivity contribution in [1.29, 1.82) is 0 Å². The Morgan fingerprint density at radius 3 is 0.654 bits per heavy atom. The van der Waals surface area contributed by atoms with Gasteiger partial charge in [-0.05, 0) is 48.5 Å². The van der Waals surface area contributed by atoms with Gasteiger partial charge < -0.3 is 9.47 Å². The van der Waals surface area contributed by atoms with Crippen molar-refractivity contribution in [2.45, 2.75) is 0 Å². The molecule has 0 radical (unpaired) electrons. The van der Waals surface area contributed by atoms with Crippen molar-refractivity contribution in [2.75, 3.05) is 0 Å². The van der Waals surface area contributed by atoms with Crippen molar-refractivity contribution in [1.82, 2.24) is 0 Å². The predicted octanol–water partition coefficient (Wildman–Crippen LogP) is 6.96. The molecule has 26 heavy (non-hydrogen) atoms. The van der Waals surface area contributed by atoms with Gasteiger partial charge in [-0.2, -0.15) is 0 Å². The molecule has 4 aromatic rings. The molecule has 128 valence electrons. The fourth-order valence-corrected chi connectivity index (χ4v) is 2.23. The SMILES string of the molecule is c1ccc(Oc2ccccc2)cc1.c1ccc(Oc2ccccc2)cc1. The lowest BCUT2D eigenvalue weighted by Gasteiger charge is -2.03. The summed E-state index contributed by atoms with van der Waals surface area (Å²) in [5, 5.41) is 0. The van der Waals surface area contributed by atoms with Gasteiger partial charge in [-0.25, -0.2) is 0 Å². The normalized spacial score (nSPS) is 9.54. The summed E-state index contributed by atoms with van der Waals surface area (Å²) in [6, 6.07) is 39.0. The maximum absolute atomic E-state index is 5.58. The van der Waals surface area contributed by atoms with Crippen molar-refractivity contribution in [3.05, 3.63) is 121 Å². The first-order valence-corrected chi connectivity index (χ1v) is 8.46. The van der Waals surface area contributed by atoms with Gasteiger partial charge in [0.2, 0.25) is 0 Å². The van der Waals surface area contributed by atoms with Crippen molar-refractivity contribution in [3.63, 3.8) is 0 Å². The zero-order chi connectivity index (χ0) is 17.9. The van der Waals surface area contributed by atoms with Crippen molar-refractivity contribution >= 4 is 0 Å². The largest absolute Gasteiger partial charge is 0.457 e. The van der Waals surface area contributed by atoms with Crippen LogP contribution in [0.2, 0.25) is 0 Å². The van der Waals surface area contributed by atoms with E-state index in [4.69, 9.17) is 9.47 Å². The fraction of sp³-hybridized carbons (Fsp3) is 0. The average molecular weight is 340 g/mol. The van der Waals surface area contributed by atoms with E-state index in [1.807, 2.05) is 121 Å². The quantitative estimate of drug-likeness (QED) is 0.400. The lowest BCUT2D eigenvalue weighted by Crippen LogP contribution is -1.81. The van der Waals surface area contributed by atoms with E-state index >= 15 is 0 Å². The Hall–Kier alpha value is -3.52. The Morgan fingerprint density at radius 1 is 0.269 bits per heavy atom. The van der Waals surface area contributed by atoms with E-state index in [0.717, 1.165) is 23.0 Å². The molecule has 0 N–H and O–H groups in total. The number of ether oxygens (including phenoxy) is 2. The van der Waals surface area contributed by atoms with Crippen LogP contribution >= 0.6 is 0 Å². The molecule has 0 saturated carbocycles. The first-order valence-electron chi connectivity index (χ1n) is 8.46. The van der Waals surface area contributed by atoms with E-state index in [2.05, 4.69) is 0 Å². The van der Waals surface area contributed by atoms with Crippen LogP contribution in [0.3, 0.4) is 0 Å². The van der Waals surface area contributed by atoms with E-state index in [0.29, 0.717) is 0 Å². The van der Waals surface area contributed by atoms with E-state index in [1.165, 1.54) is 0 Å². The summed E-state index contributed by atoms with van der Waals surface area (Å²) in [6.45, 7) is 0. The number of benzene rings is 4. The molecular formula is C24H20O2. The van der Waals surface area contributed by atoms with Crippen molar-refractivity contribution in [2.24, 2.45) is 0 Å². The summed E-state index contributed by atoms with van der Waals surface area (Å²) in [4.78, 5) is 0. The van der Waals surface area contributed by atoms with Gasteiger partial charge in [-0.1, -0.05) is 72.8 Å². The van der Waals surface area contributed by atoms with Gasteiger partial charge >= 0.3 is 0 Å². The van der Waals surface area contributed by atoms with Crippen molar-refractivity contribution in [3.8, 4) is 23.0 Å². The molecule has 2 heteroatoms. The van der Waals surface area contributed by atoms with Crippen LogP contribution in [0.25, 0.3) is 0 Å². The second-order valence-electron chi connectivity index (χ2n) is 5.46. The minimum Gasteiger partial charge on any atom is -0.457 e. The lowest BCUT2D eigenvalue weighted by atomic mass is 10.3. The molecule has 0 aliphatic heterocycles. The molecule has 0 spiro atoms. The molecule has 0 aliphatic rings. The third kappa shape index (κ3) is 5.84. The van der Waals surface area contributed by atoms with Gasteiger partial charge in [0.25, 0.3) is 0 Å². The zero-order valence-corrected chi connectivity index (χ0v) is 14.4. The number of hydrogen-bond acceptors (Lipinski definition) is 2. The molecule has 0 aliphatic carbocycles. The summed E-state index contributed by atoms with van der Waals surface area (Å²) in [6.07, 6.45) is 0. The minimum atomic E-state index is 0.869. The number of hydrogen-bond donors (Lipinski definition) is 0. The molecule has 0 amide bonds. The Morgan fingerprint density at radius 2 is 0.462 bits per heavy atom. The van der Waals surface area contributed by atoms with E-state index in [9.17, 15) is 0 Å². The molecule has 0 bridgehead atoms. The van der Waals surface area contributed by atoms with Crippen LogP contribution < -0.4 is 9.47 Å². The Bertz CT molecular complexity index is 709. The van der Waals surface area contributed by atoms with Crippen LogP contribution in [0, 0.1) is 0 Å².